The van der Waals surface area contributed by atoms with Crippen molar-refractivity contribution in [1.82, 2.24) is 0 Å². The number of amides is 1. The van der Waals surface area contributed by atoms with Gasteiger partial charge in [-0.2, -0.15) is 0 Å². The van der Waals surface area contributed by atoms with Crippen LogP contribution in [0.2, 0.25) is 10.0 Å². The highest BCUT2D eigenvalue weighted by Gasteiger charge is 2.26. The molecule has 0 atom stereocenters. The standard InChI is InChI=1S/C24H13Cl2NO3S/c25-15-10-6-12-17-18(15)19(26)23(31-17)24(29)27-20-14-9-4-5-11-16(14)30-22(20)21(28)13-7-2-1-3-8-13/h1-12H,(H,27,29). The van der Waals surface area contributed by atoms with Gasteiger partial charge in [0.15, 0.2) is 5.76 Å². The second-order valence-corrected chi connectivity index (χ2v) is 8.65. The van der Waals surface area contributed by atoms with Crippen molar-refractivity contribution < 1.29 is 14.0 Å². The maximum Gasteiger partial charge on any atom is 0.267 e. The van der Waals surface area contributed by atoms with Crippen molar-refractivity contribution in [2.24, 2.45) is 0 Å². The summed E-state index contributed by atoms with van der Waals surface area (Å²) in [5.41, 5.74) is 1.28. The molecule has 2 heterocycles. The van der Waals surface area contributed by atoms with Gasteiger partial charge in [0.05, 0.1) is 15.7 Å². The largest absolute Gasteiger partial charge is 0.450 e. The number of carbonyl (C=O) groups excluding carboxylic acids is 2. The lowest BCUT2D eigenvalue weighted by molar-refractivity contribution is 0.101. The van der Waals surface area contributed by atoms with E-state index in [1.54, 1.807) is 54.6 Å². The normalized spacial score (nSPS) is 11.2. The molecule has 0 bridgehead atoms. The van der Waals surface area contributed by atoms with E-state index in [1.165, 1.54) is 11.3 Å². The molecular formula is C24H13Cl2NO3S. The molecule has 0 fully saturated rings. The minimum absolute atomic E-state index is 0.0658. The van der Waals surface area contributed by atoms with Gasteiger partial charge < -0.3 is 9.73 Å². The third-order valence-electron chi connectivity index (χ3n) is 4.89. The Kier molecular flexibility index (Phi) is 5.02. The summed E-state index contributed by atoms with van der Waals surface area (Å²) in [6.07, 6.45) is 0. The first-order valence-electron chi connectivity index (χ1n) is 9.33. The number of thiophene rings is 1. The SMILES string of the molecule is O=C(c1ccccc1)c1oc2ccccc2c1NC(=O)c1sc2cccc(Cl)c2c1Cl. The van der Waals surface area contributed by atoms with Gasteiger partial charge in [0.25, 0.3) is 5.91 Å². The predicted octanol–water partition coefficient (Wildman–Crippen LogP) is 7.44. The molecule has 3 aromatic carbocycles. The maximum atomic E-state index is 13.2. The van der Waals surface area contributed by atoms with E-state index in [-0.39, 0.29) is 16.6 Å². The number of halogens is 2. The molecular weight excluding hydrogens is 453 g/mol. The first-order chi connectivity index (χ1) is 15.0. The third kappa shape index (κ3) is 3.41. The molecule has 0 aliphatic heterocycles. The van der Waals surface area contributed by atoms with Crippen molar-refractivity contribution in [3.05, 3.63) is 99.0 Å². The van der Waals surface area contributed by atoms with Crippen LogP contribution in [-0.2, 0) is 0 Å². The number of anilines is 1. The van der Waals surface area contributed by atoms with Crippen LogP contribution >= 0.6 is 34.5 Å². The molecule has 2 aromatic heterocycles. The Balaban J connectivity index is 1.61. The Labute approximate surface area is 191 Å². The summed E-state index contributed by atoms with van der Waals surface area (Å²) < 4.78 is 6.65. The van der Waals surface area contributed by atoms with Crippen LogP contribution in [0.5, 0.6) is 0 Å². The van der Waals surface area contributed by atoms with Crippen LogP contribution in [-0.4, -0.2) is 11.7 Å². The number of ketones is 1. The second kappa shape index (κ2) is 7.85. The van der Waals surface area contributed by atoms with Gasteiger partial charge in [-0.1, -0.05) is 71.7 Å². The van der Waals surface area contributed by atoms with Crippen molar-refractivity contribution in [2.45, 2.75) is 0 Å². The summed E-state index contributed by atoms with van der Waals surface area (Å²) in [6.45, 7) is 0. The van der Waals surface area contributed by atoms with E-state index in [4.69, 9.17) is 27.6 Å². The summed E-state index contributed by atoms with van der Waals surface area (Å²) in [5.74, 6) is -0.690. The highest BCUT2D eigenvalue weighted by atomic mass is 35.5. The zero-order valence-corrected chi connectivity index (χ0v) is 18.1. The van der Waals surface area contributed by atoms with Crippen LogP contribution in [0.15, 0.2) is 77.2 Å². The van der Waals surface area contributed by atoms with Crippen LogP contribution in [0.4, 0.5) is 5.69 Å². The molecule has 0 aliphatic carbocycles. The van der Waals surface area contributed by atoms with Crippen LogP contribution in [0, 0.1) is 0 Å². The molecule has 5 rings (SSSR count). The summed E-state index contributed by atoms with van der Waals surface area (Å²) in [5, 5.41) is 4.88. The Morgan fingerprint density at radius 2 is 1.61 bits per heavy atom. The fraction of sp³-hybridized carbons (Fsp3) is 0. The van der Waals surface area contributed by atoms with E-state index >= 15 is 0 Å². The topological polar surface area (TPSA) is 59.3 Å². The number of furan rings is 1. The lowest BCUT2D eigenvalue weighted by Crippen LogP contribution is -2.13. The monoisotopic (exact) mass is 465 g/mol. The van der Waals surface area contributed by atoms with Gasteiger partial charge in [-0.3, -0.25) is 9.59 Å². The molecule has 5 aromatic rings. The first kappa shape index (κ1) is 19.8. The maximum absolute atomic E-state index is 13.2. The molecule has 0 spiro atoms. The number of carbonyl (C=O) groups is 2. The molecule has 0 aliphatic rings. The molecule has 7 heteroatoms. The number of fused-ring (bicyclic) bond motifs is 2. The van der Waals surface area contributed by atoms with Crippen LogP contribution in [0.1, 0.15) is 25.8 Å². The van der Waals surface area contributed by atoms with E-state index in [9.17, 15) is 9.59 Å². The summed E-state index contributed by atoms with van der Waals surface area (Å²) in [6, 6.07) is 21.3. The molecule has 0 unspecified atom stereocenters. The first-order valence-corrected chi connectivity index (χ1v) is 10.9. The molecule has 1 amide bonds. The minimum Gasteiger partial charge on any atom is -0.450 e. The number of hydrogen-bond donors (Lipinski definition) is 1. The van der Waals surface area contributed by atoms with Crippen molar-refractivity contribution in [1.29, 1.82) is 0 Å². The quantitative estimate of drug-likeness (QED) is 0.280. The average molecular weight is 466 g/mol. The van der Waals surface area contributed by atoms with E-state index in [1.807, 2.05) is 18.2 Å². The zero-order valence-electron chi connectivity index (χ0n) is 15.8. The summed E-state index contributed by atoms with van der Waals surface area (Å²) in [4.78, 5) is 26.6. The number of para-hydroxylation sites is 1. The van der Waals surface area contributed by atoms with Crippen molar-refractivity contribution in [3.63, 3.8) is 0 Å². The van der Waals surface area contributed by atoms with E-state index in [0.717, 1.165) is 4.70 Å². The number of rotatable bonds is 4. The van der Waals surface area contributed by atoms with Gasteiger partial charge in [0, 0.05) is 21.0 Å². The summed E-state index contributed by atoms with van der Waals surface area (Å²) in [7, 11) is 0. The lowest BCUT2D eigenvalue weighted by Gasteiger charge is -2.05. The molecule has 31 heavy (non-hydrogen) atoms. The van der Waals surface area contributed by atoms with Gasteiger partial charge >= 0.3 is 0 Å². The van der Waals surface area contributed by atoms with Crippen molar-refractivity contribution in [3.8, 4) is 0 Å². The lowest BCUT2D eigenvalue weighted by atomic mass is 10.1. The van der Waals surface area contributed by atoms with Gasteiger partial charge in [0.1, 0.15) is 10.5 Å². The average Bonchev–Trinajstić information content (AvgIpc) is 3.33. The van der Waals surface area contributed by atoms with E-state index < -0.39 is 5.91 Å². The molecule has 4 nitrogen and oxygen atoms in total. The number of benzene rings is 3. The minimum atomic E-state index is -0.434. The van der Waals surface area contributed by atoms with E-state index in [2.05, 4.69) is 5.32 Å². The number of nitrogens with one attached hydrogen (secondary N) is 1. The predicted molar refractivity (Wildman–Crippen MR) is 126 cm³/mol. The molecule has 1 N–H and O–H groups in total. The van der Waals surface area contributed by atoms with Crippen LogP contribution < -0.4 is 5.32 Å². The third-order valence-corrected chi connectivity index (χ3v) is 6.85. The Bertz CT molecular complexity index is 1470. The molecule has 0 radical (unpaired) electrons. The van der Waals surface area contributed by atoms with Gasteiger partial charge in [-0.15, -0.1) is 11.3 Å². The highest BCUT2D eigenvalue weighted by molar-refractivity contribution is 7.21. The highest BCUT2D eigenvalue weighted by Crippen LogP contribution is 2.40. The van der Waals surface area contributed by atoms with E-state index in [0.29, 0.717) is 37.5 Å². The van der Waals surface area contributed by atoms with Crippen LogP contribution in [0.3, 0.4) is 0 Å². The molecule has 152 valence electrons. The van der Waals surface area contributed by atoms with Gasteiger partial charge in [0.2, 0.25) is 5.78 Å². The molecule has 0 saturated heterocycles. The Hall–Kier alpha value is -3.12. The molecule has 0 saturated carbocycles. The Morgan fingerprint density at radius 1 is 0.871 bits per heavy atom. The van der Waals surface area contributed by atoms with Gasteiger partial charge in [-0.25, -0.2) is 0 Å². The van der Waals surface area contributed by atoms with Crippen molar-refractivity contribution in [2.75, 3.05) is 5.32 Å². The fourth-order valence-corrected chi connectivity index (χ4v) is 5.29. The fourth-order valence-electron chi connectivity index (χ4n) is 3.44. The summed E-state index contributed by atoms with van der Waals surface area (Å²) >= 11 is 14.0. The Morgan fingerprint density at radius 3 is 2.39 bits per heavy atom. The van der Waals surface area contributed by atoms with Crippen LogP contribution in [0.25, 0.3) is 21.1 Å². The number of hydrogen-bond acceptors (Lipinski definition) is 4. The zero-order chi connectivity index (χ0) is 21.5. The van der Waals surface area contributed by atoms with Gasteiger partial charge in [-0.05, 0) is 24.3 Å². The van der Waals surface area contributed by atoms with Crippen molar-refractivity contribution >= 4 is 73.0 Å². The smallest absolute Gasteiger partial charge is 0.267 e. The second-order valence-electron chi connectivity index (χ2n) is 6.81.